The molecule has 0 aliphatic rings. The number of halogens is 5. The van der Waals surface area contributed by atoms with E-state index in [4.69, 9.17) is 0 Å². The highest BCUT2D eigenvalue weighted by molar-refractivity contribution is 7.13. The van der Waals surface area contributed by atoms with Crippen LogP contribution in [0.5, 0.6) is 5.75 Å². The molecule has 0 amide bonds. The number of nitrogens with zero attached hydrogens (tertiary/aromatic N) is 5. The van der Waals surface area contributed by atoms with Crippen molar-refractivity contribution < 1.29 is 31.8 Å². The number of benzene rings is 2. The van der Waals surface area contributed by atoms with E-state index in [2.05, 4.69) is 19.8 Å². The van der Waals surface area contributed by atoms with Gasteiger partial charge in [0.25, 0.3) is 0 Å². The topological polar surface area (TPSA) is 76.3 Å². The molecule has 0 bridgehead atoms. The minimum Gasteiger partial charge on any atom is -0.406 e. The molecule has 4 rings (SSSR count). The number of ether oxygens (including phenoxy) is 1. The average Bonchev–Trinajstić information content (AvgIpc) is 3.45. The van der Waals surface area contributed by atoms with Crippen molar-refractivity contribution in [3.8, 4) is 16.3 Å². The standard InChI is InChI=1S/C23H20F5N5O2S/c1-32(9-17-10-36-21(31-17)15-2-5-18(6-3-15)35-23(26,27)28)11-22(34,12-33-14-29-13-30-33)19-7-4-16(24)8-20(19)25/h2-8,10,13-14,34H,9,11-12H2,1H3. The maximum absolute atomic E-state index is 14.6. The molecule has 0 saturated carbocycles. The summed E-state index contributed by atoms with van der Waals surface area (Å²) in [6.07, 6.45) is -2.11. The number of hydrogen-bond donors (Lipinski definition) is 1. The number of thiazole rings is 1. The van der Waals surface area contributed by atoms with Crippen molar-refractivity contribution in [1.29, 1.82) is 0 Å². The molecule has 190 valence electrons. The van der Waals surface area contributed by atoms with Gasteiger partial charge in [0.2, 0.25) is 0 Å². The second-order valence-corrected chi connectivity index (χ2v) is 9.00. The summed E-state index contributed by atoms with van der Waals surface area (Å²) >= 11 is 1.30. The fraction of sp³-hybridized carbons (Fsp3) is 0.261. The molecule has 0 fully saturated rings. The lowest BCUT2D eigenvalue weighted by Crippen LogP contribution is -2.43. The molecular formula is C23H20F5N5O2S. The van der Waals surface area contributed by atoms with Crippen LogP contribution in [-0.4, -0.2) is 49.7 Å². The summed E-state index contributed by atoms with van der Waals surface area (Å²) in [5.41, 5.74) is -0.616. The number of alkyl halides is 3. The molecule has 2 heterocycles. The van der Waals surface area contributed by atoms with Gasteiger partial charge in [-0.1, -0.05) is 6.07 Å². The van der Waals surface area contributed by atoms with E-state index in [1.54, 1.807) is 17.3 Å². The van der Waals surface area contributed by atoms with Crippen molar-refractivity contribution >= 4 is 11.3 Å². The van der Waals surface area contributed by atoms with Crippen LogP contribution in [0, 0.1) is 11.6 Å². The summed E-state index contributed by atoms with van der Waals surface area (Å²) in [5, 5.41) is 17.8. The highest BCUT2D eigenvalue weighted by atomic mass is 32.1. The Hall–Kier alpha value is -3.42. The second-order valence-electron chi connectivity index (χ2n) is 8.14. The molecule has 13 heteroatoms. The molecule has 1 N–H and O–H groups in total. The zero-order valence-corrected chi connectivity index (χ0v) is 19.6. The van der Waals surface area contributed by atoms with Crippen molar-refractivity contribution in [2.75, 3.05) is 13.6 Å². The molecule has 36 heavy (non-hydrogen) atoms. The minimum atomic E-state index is -4.77. The van der Waals surface area contributed by atoms with Crippen LogP contribution in [0.2, 0.25) is 0 Å². The zero-order chi connectivity index (χ0) is 25.9. The van der Waals surface area contributed by atoms with Crippen molar-refractivity contribution in [3.05, 3.63) is 83.4 Å². The number of hydrogen-bond acceptors (Lipinski definition) is 7. The highest BCUT2D eigenvalue weighted by Crippen LogP contribution is 2.30. The molecule has 0 aliphatic heterocycles. The highest BCUT2D eigenvalue weighted by Gasteiger charge is 2.35. The van der Waals surface area contributed by atoms with Crippen LogP contribution in [-0.2, 0) is 18.7 Å². The number of likely N-dealkylation sites (N-methyl/N-ethyl adjacent to an activating group) is 1. The maximum atomic E-state index is 14.6. The van der Waals surface area contributed by atoms with Crippen molar-refractivity contribution in [2.45, 2.75) is 25.1 Å². The molecule has 0 saturated heterocycles. The Balaban J connectivity index is 1.48. The van der Waals surface area contributed by atoms with Crippen LogP contribution in [0.25, 0.3) is 10.6 Å². The van der Waals surface area contributed by atoms with Gasteiger partial charge in [-0.2, -0.15) is 5.10 Å². The second kappa shape index (κ2) is 10.3. The Morgan fingerprint density at radius 3 is 2.50 bits per heavy atom. The van der Waals surface area contributed by atoms with Crippen LogP contribution < -0.4 is 4.74 Å². The van der Waals surface area contributed by atoms with E-state index in [0.29, 0.717) is 22.3 Å². The fourth-order valence-electron chi connectivity index (χ4n) is 3.76. The van der Waals surface area contributed by atoms with Gasteiger partial charge in [-0.15, -0.1) is 24.5 Å². The van der Waals surface area contributed by atoms with Gasteiger partial charge < -0.3 is 9.84 Å². The lowest BCUT2D eigenvalue weighted by atomic mass is 9.92. The van der Waals surface area contributed by atoms with Gasteiger partial charge in [-0.05, 0) is 37.4 Å². The monoisotopic (exact) mass is 525 g/mol. The van der Waals surface area contributed by atoms with E-state index in [0.717, 1.165) is 6.07 Å². The smallest absolute Gasteiger partial charge is 0.406 e. The van der Waals surface area contributed by atoms with E-state index >= 15 is 0 Å². The van der Waals surface area contributed by atoms with Crippen molar-refractivity contribution in [1.82, 2.24) is 24.6 Å². The van der Waals surface area contributed by atoms with Crippen LogP contribution >= 0.6 is 11.3 Å². The Morgan fingerprint density at radius 2 is 1.86 bits per heavy atom. The SMILES string of the molecule is CN(Cc1csc(-c2ccc(OC(F)(F)F)cc2)n1)CC(O)(Cn1cncn1)c1ccc(F)cc1F. The van der Waals surface area contributed by atoms with Crippen molar-refractivity contribution in [2.24, 2.45) is 0 Å². The third-order valence-electron chi connectivity index (χ3n) is 5.17. The molecule has 0 radical (unpaired) electrons. The summed E-state index contributed by atoms with van der Waals surface area (Å²) < 4.78 is 70.4. The average molecular weight is 526 g/mol. The summed E-state index contributed by atoms with van der Waals surface area (Å²) in [6, 6.07) is 8.34. The predicted octanol–water partition coefficient (Wildman–Crippen LogP) is 4.60. The van der Waals surface area contributed by atoms with E-state index in [1.165, 1.54) is 59.0 Å². The molecule has 2 aromatic carbocycles. The Morgan fingerprint density at radius 1 is 1.11 bits per heavy atom. The summed E-state index contributed by atoms with van der Waals surface area (Å²) in [6.45, 7) is 0.0918. The lowest BCUT2D eigenvalue weighted by Gasteiger charge is -2.33. The minimum absolute atomic E-state index is 0.0499. The number of aliphatic hydroxyl groups is 1. The van der Waals surface area contributed by atoms with E-state index < -0.39 is 23.6 Å². The van der Waals surface area contributed by atoms with E-state index in [-0.39, 0.29) is 30.9 Å². The Labute approximate surface area is 206 Å². The summed E-state index contributed by atoms with van der Waals surface area (Å²) in [4.78, 5) is 10.1. The van der Waals surface area contributed by atoms with Gasteiger partial charge in [-0.3, -0.25) is 4.90 Å². The quantitative estimate of drug-likeness (QED) is 0.322. The van der Waals surface area contributed by atoms with Crippen LogP contribution in [0.4, 0.5) is 22.0 Å². The van der Waals surface area contributed by atoms with Crippen LogP contribution in [0.1, 0.15) is 11.3 Å². The molecule has 4 aromatic rings. The molecule has 1 atom stereocenters. The molecule has 1 unspecified atom stereocenters. The fourth-order valence-corrected chi connectivity index (χ4v) is 4.58. The molecule has 2 aromatic heterocycles. The van der Waals surface area contributed by atoms with Crippen molar-refractivity contribution in [3.63, 3.8) is 0 Å². The first-order chi connectivity index (χ1) is 17.0. The molecule has 0 aliphatic carbocycles. The maximum Gasteiger partial charge on any atom is 0.573 e. The molecule has 7 nitrogen and oxygen atoms in total. The molecular weight excluding hydrogens is 505 g/mol. The normalized spacial score (nSPS) is 13.7. The van der Waals surface area contributed by atoms with Gasteiger partial charge in [0, 0.05) is 35.7 Å². The van der Waals surface area contributed by atoms with Gasteiger partial charge >= 0.3 is 6.36 Å². The lowest BCUT2D eigenvalue weighted by molar-refractivity contribution is -0.274. The largest absolute Gasteiger partial charge is 0.573 e. The first-order valence-electron chi connectivity index (χ1n) is 10.5. The summed E-state index contributed by atoms with van der Waals surface area (Å²) in [7, 11) is 1.70. The third kappa shape index (κ3) is 6.42. The predicted molar refractivity (Wildman–Crippen MR) is 121 cm³/mol. The van der Waals surface area contributed by atoms with Gasteiger partial charge in [-0.25, -0.2) is 23.4 Å². The van der Waals surface area contributed by atoms with Crippen LogP contribution in [0.15, 0.2) is 60.5 Å². The number of aromatic nitrogens is 4. The third-order valence-corrected chi connectivity index (χ3v) is 6.11. The first-order valence-corrected chi connectivity index (χ1v) is 11.4. The van der Waals surface area contributed by atoms with Gasteiger partial charge in [0.1, 0.15) is 40.6 Å². The Kier molecular flexibility index (Phi) is 7.33. The van der Waals surface area contributed by atoms with Crippen LogP contribution in [0.3, 0.4) is 0 Å². The van der Waals surface area contributed by atoms with Gasteiger partial charge in [0.05, 0.1) is 12.2 Å². The van der Waals surface area contributed by atoms with Gasteiger partial charge in [0.15, 0.2) is 0 Å². The summed E-state index contributed by atoms with van der Waals surface area (Å²) in [5.74, 6) is -1.98. The van der Waals surface area contributed by atoms with E-state index in [9.17, 15) is 27.1 Å². The van der Waals surface area contributed by atoms with E-state index in [1.807, 2.05) is 0 Å². The zero-order valence-electron chi connectivity index (χ0n) is 18.8. The first kappa shape index (κ1) is 25.7. The molecule has 0 spiro atoms. The number of rotatable bonds is 9. The Bertz CT molecular complexity index is 1300.